The molecule has 84 heavy (non-hydrogen) atoms. The molecular weight excluding hydrogens is 1110 g/mol. The van der Waals surface area contributed by atoms with E-state index in [1.807, 2.05) is 78.9 Å². The predicted molar refractivity (Wildman–Crippen MR) is 319 cm³/mol. The number of aromatic nitrogens is 4. The molecule has 0 aliphatic carbocycles. The number of carbonyl (C=O) groups is 2. The summed E-state index contributed by atoms with van der Waals surface area (Å²) in [4.78, 5) is 62.6. The van der Waals surface area contributed by atoms with Gasteiger partial charge in [0.2, 0.25) is 0 Å². The molecule has 2 aromatic heterocycles. The zero-order valence-corrected chi connectivity index (χ0v) is 50.5. The SMILES string of the molecule is COc1ccc(C(OC[C@H]2O[C@@H](n3ccc(NC(=O)c4ccccc4)nc3=O)[C@H](OC)[C@@H]2OP(C)OC[C@H]2O[C@@H](n3ccc(NC(=O)c4ccccc4)nc3=O)[C@H](OC)[C@@H]2O[Si](C)(C)C(C)(C)C)(c2ccccc2)c2ccc(OC)cc2)cc1. The van der Waals surface area contributed by atoms with Gasteiger partial charge in [-0.05, 0) is 95.5 Å². The zero-order valence-electron chi connectivity index (χ0n) is 48.6. The topological polar surface area (TPSA) is 220 Å². The molecule has 4 heterocycles. The molecule has 20 nitrogen and oxygen atoms in total. The second-order valence-corrected chi connectivity index (χ2v) is 27.7. The van der Waals surface area contributed by atoms with E-state index in [0.29, 0.717) is 22.6 Å². The van der Waals surface area contributed by atoms with Crippen LogP contribution in [0.2, 0.25) is 18.1 Å². The summed E-state index contributed by atoms with van der Waals surface area (Å²) in [5, 5.41) is 5.18. The number of nitrogens with zero attached hydrogens (tertiary/aromatic N) is 4. The van der Waals surface area contributed by atoms with Crippen molar-refractivity contribution < 1.29 is 56.2 Å². The summed E-state index contributed by atoms with van der Waals surface area (Å²) in [5.74, 6) is 0.535. The standard InChI is InChI=1S/C62H71N6O14PSi/c1-61(2,3)84(9,10)82-52-48(80-58(54(52)76-7)68-37-35-50(66-60(68)72)64-56(70)41-22-16-12-17-23-41)39-78-83(8)81-51-47(79-57(53(51)75-6)67-36-34-49(65-59(67)71)63-55(69)40-20-14-11-15-21-40)38-77-62(42-24-18-13-19-25-42,43-26-30-45(73-4)31-27-43)44-28-32-46(74-5)33-29-44/h11-37,47-48,51-54,57-58H,38-39H2,1-10H3,(H,63,65,69,71)(H,64,66,70,72)/t47-,48-,51-,52-,53-,54-,57-,58-,83?/m1/s1. The normalized spacial score (nSPS) is 21.2. The molecular formula is C62H71N6O14PSi. The van der Waals surface area contributed by atoms with Crippen LogP contribution < -0.4 is 31.5 Å². The highest BCUT2D eigenvalue weighted by atomic mass is 31.2. The summed E-state index contributed by atoms with van der Waals surface area (Å²) in [5.41, 5.74) is 0.440. The number of ether oxygens (including phenoxy) is 7. The van der Waals surface area contributed by atoms with Crippen LogP contribution in [0.3, 0.4) is 0 Å². The van der Waals surface area contributed by atoms with E-state index in [1.165, 1.54) is 47.9 Å². The summed E-state index contributed by atoms with van der Waals surface area (Å²) < 4.78 is 67.9. The molecule has 2 fully saturated rings. The molecule has 2 aliphatic heterocycles. The first-order valence-electron chi connectivity index (χ1n) is 27.4. The largest absolute Gasteiger partial charge is 0.497 e. The van der Waals surface area contributed by atoms with Crippen molar-refractivity contribution in [3.8, 4) is 11.5 Å². The number of rotatable bonds is 23. The first kappa shape index (κ1) is 61.3. The van der Waals surface area contributed by atoms with Gasteiger partial charge in [-0.15, -0.1) is 0 Å². The quantitative estimate of drug-likeness (QED) is 0.0346. The Morgan fingerprint density at radius 1 is 0.571 bits per heavy atom. The smallest absolute Gasteiger partial charge is 0.351 e. The average molecular weight is 1180 g/mol. The van der Waals surface area contributed by atoms with Crippen molar-refractivity contribution in [1.82, 2.24) is 19.1 Å². The lowest BCUT2D eigenvalue weighted by Gasteiger charge is -2.40. The third-order valence-electron chi connectivity index (χ3n) is 15.4. The van der Waals surface area contributed by atoms with Gasteiger partial charge in [-0.3, -0.25) is 18.7 Å². The van der Waals surface area contributed by atoms with Gasteiger partial charge >= 0.3 is 11.4 Å². The summed E-state index contributed by atoms with van der Waals surface area (Å²) in [6.07, 6.45) is -4.38. The van der Waals surface area contributed by atoms with Crippen LogP contribution in [0, 0.1) is 0 Å². The van der Waals surface area contributed by atoms with Crippen LogP contribution in [-0.4, -0.2) is 124 Å². The molecule has 0 bridgehead atoms. The minimum Gasteiger partial charge on any atom is -0.497 e. The number of amides is 2. The summed E-state index contributed by atoms with van der Waals surface area (Å²) in [6.45, 7) is 12.2. The van der Waals surface area contributed by atoms with Gasteiger partial charge in [0.25, 0.3) is 11.8 Å². The van der Waals surface area contributed by atoms with Gasteiger partial charge in [0.1, 0.15) is 65.4 Å². The first-order chi connectivity index (χ1) is 40.4. The summed E-state index contributed by atoms with van der Waals surface area (Å²) >= 11 is 0. The minimum absolute atomic E-state index is 0.0373. The van der Waals surface area contributed by atoms with Gasteiger partial charge in [0.05, 0.1) is 27.4 Å². The van der Waals surface area contributed by atoms with E-state index < -0.39 is 94.6 Å². The zero-order chi connectivity index (χ0) is 59.8. The molecule has 442 valence electrons. The lowest BCUT2D eigenvalue weighted by atomic mass is 9.80. The Labute approximate surface area is 490 Å². The minimum atomic E-state index is -2.57. The Kier molecular flexibility index (Phi) is 19.5. The highest BCUT2D eigenvalue weighted by Gasteiger charge is 2.53. The van der Waals surface area contributed by atoms with E-state index in [2.05, 4.69) is 54.5 Å². The van der Waals surface area contributed by atoms with Crippen LogP contribution in [0.4, 0.5) is 11.6 Å². The van der Waals surface area contributed by atoms with Crippen molar-refractivity contribution in [2.75, 3.05) is 59.0 Å². The number of methoxy groups -OCH3 is 4. The fraction of sp³-hybridized carbons (Fsp3) is 0.355. The van der Waals surface area contributed by atoms with Gasteiger partial charge in [-0.2, -0.15) is 9.97 Å². The lowest BCUT2D eigenvalue weighted by molar-refractivity contribution is -0.0955. The van der Waals surface area contributed by atoms with E-state index in [1.54, 1.807) is 81.5 Å². The van der Waals surface area contributed by atoms with Gasteiger partial charge < -0.3 is 57.3 Å². The van der Waals surface area contributed by atoms with Crippen molar-refractivity contribution in [2.24, 2.45) is 0 Å². The third-order valence-corrected chi connectivity index (χ3v) is 21.0. The number of hydrogen-bond donors (Lipinski definition) is 2. The van der Waals surface area contributed by atoms with Crippen molar-refractivity contribution in [1.29, 1.82) is 0 Å². The molecule has 5 aromatic carbocycles. The molecule has 2 amide bonds. The Balaban J connectivity index is 1.03. The van der Waals surface area contributed by atoms with Crippen molar-refractivity contribution in [3.05, 3.63) is 213 Å². The molecule has 0 saturated carbocycles. The maximum atomic E-state index is 14.2. The van der Waals surface area contributed by atoms with Crippen molar-refractivity contribution in [3.63, 3.8) is 0 Å². The summed E-state index contributed by atoms with van der Waals surface area (Å²) in [6, 6.07) is 45.3. The molecule has 2 saturated heterocycles. The van der Waals surface area contributed by atoms with E-state index in [-0.39, 0.29) is 29.9 Å². The fourth-order valence-corrected chi connectivity index (χ4v) is 12.3. The Hall–Kier alpha value is -7.27. The van der Waals surface area contributed by atoms with Crippen LogP contribution >= 0.6 is 8.38 Å². The third kappa shape index (κ3) is 13.5. The number of nitrogens with one attached hydrogen (secondary N) is 2. The Bertz CT molecular complexity index is 3400. The average Bonchev–Trinajstić information content (AvgIpc) is 3.15. The molecule has 0 radical (unpaired) electrons. The monoisotopic (exact) mass is 1180 g/mol. The van der Waals surface area contributed by atoms with E-state index in [0.717, 1.165) is 16.7 Å². The van der Waals surface area contributed by atoms with Gasteiger partial charge in [-0.25, -0.2) is 9.59 Å². The molecule has 2 N–H and O–H groups in total. The molecule has 9 rings (SSSR count). The van der Waals surface area contributed by atoms with Crippen molar-refractivity contribution in [2.45, 2.75) is 93.6 Å². The number of benzene rings is 5. The molecule has 1 unspecified atom stereocenters. The first-order valence-corrected chi connectivity index (χ1v) is 31.9. The van der Waals surface area contributed by atoms with Crippen LogP contribution in [0.15, 0.2) is 174 Å². The second kappa shape index (κ2) is 26.8. The molecule has 0 spiro atoms. The van der Waals surface area contributed by atoms with E-state index >= 15 is 0 Å². The molecule has 22 heteroatoms. The van der Waals surface area contributed by atoms with Crippen molar-refractivity contribution >= 4 is 40.1 Å². The highest BCUT2D eigenvalue weighted by molar-refractivity contribution is 7.46. The molecule has 7 aromatic rings. The van der Waals surface area contributed by atoms with Crippen LogP contribution in [0.5, 0.6) is 11.5 Å². The van der Waals surface area contributed by atoms with Crippen LogP contribution in [0.25, 0.3) is 0 Å². The number of anilines is 2. The predicted octanol–water partition coefficient (Wildman–Crippen LogP) is 9.59. The van der Waals surface area contributed by atoms with Crippen LogP contribution in [-0.2, 0) is 42.8 Å². The van der Waals surface area contributed by atoms with Gasteiger partial charge in [0, 0.05) is 44.4 Å². The van der Waals surface area contributed by atoms with E-state index in [9.17, 15) is 19.2 Å². The maximum Gasteiger partial charge on any atom is 0.351 e. The Morgan fingerprint density at radius 2 is 0.988 bits per heavy atom. The fourth-order valence-electron chi connectivity index (χ4n) is 9.99. The number of carbonyl (C=O) groups excluding carboxylic acids is 2. The summed E-state index contributed by atoms with van der Waals surface area (Å²) in [7, 11) is 1.81. The lowest BCUT2D eigenvalue weighted by Crippen LogP contribution is -2.50. The Morgan fingerprint density at radius 3 is 1.40 bits per heavy atom. The van der Waals surface area contributed by atoms with Crippen LogP contribution in [0.1, 0.15) is 70.6 Å². The maximum absolute atomic E-state index is 14.2. The molecule has 2 aliphatic rings. The highest BCUT2D eigenvalue weighted by Crippen LogP contribution is 2.48. The molecule has 9 atom stereocenters. The van der Waals surface area contributed by atoms with Gasteiger partial charge in [-0.1, -0.05) is 112 Å². The van der Waals surface area contributed by atoms with E-state index in [4.69, 9.17) is 46.6 Å². The van der Waals surface area contributed by atoms with Gasteiger partial charge in [0.15, 0.2) is 29.1 Å². The number of hydrogen-bond acceptors (Lipinski definition) is 16. The second-order valence-electron chi connectivity index (χ2n) is 21.6.